The Morgan fingerprint density at radius 1 is 0.806 bits per heavy atom. The Bertz CT molecular complexity index is 668. The molecule has 0 spiro atoms. The minimum Gasteiger partial charge on any atom is -0.481 e. The summed E-state index contributed by atoms with van der Waals surface area (Å²) in [5, 5.41) is 43.7. The van der Waals surface area contributed by atoms with Gasteiger partial charge in [-0.15, -0.1) is 0 Å². The molecule has 0 aromatic rings. The minimum atomic E-state index is -1.75. The van der Waals surface area contributed by atoms with Gasteiger partial charge in [-0.25, -0.2) is 4.79 Å². The number of nitrogens with one attached hydrogen (secondary N) is 3. The van der Waals surface area contributed by atoms with Crippen molar-refractivity contribution in [3.63, 3.8) is 0 Å². The lowest BCUT2D eigenvalue weighted by molar-refractivity contribution is -0.146. The smallest absolute Gasteiger partial charge is 0.328 e. The minimum absolute atomic E-state index is 0.225. The van der Waals surface area contributed by atoms with E-state index < -0.39 is 72.5 Å². The van der Waals surface area contributed by atoms with Gasteiger partial charge in [0.05, 0.1) is 24.7 Å². The van der Waals surface area contributed by atoms with E-state index in [4.69, 9.17) is 15.9 Å². The second kappa shape index (κ2) is 12.8. The summed E-state index contributed by atoms with van der Waals surface area (Å²) in [4.78, 5) is 59.4. The molecule has 178 valence electrons. The van der Waals surface area contributed by atoms with Gasteiger partial charge < -0.3 is 42.1 Å². The molecule has 0 saturated carbocycles. The zero-order valence-corrected chi connectivity index (χ0v) is 17.9. The summed E-state index contributed by atoms with van der Waals surface area (Å²) in [7, 11) is 0. The number of carbonyl (C=O) groups excluding carboxylic acids is 3. The zero-order chi connectivity index (χ0) is 24.5. The summed E-state index contributed by atoms with van der Waals surface area (Å²) >= 11 is 0. The Morgan fingerprint density at radius 2 is 1.29 bits per heavy atom. The second-order valence-corrected chi connectivity index (χ2v) is 7.36. The van der Waals surface area contributed by atoms with Crippen LogP contribution < -0.4 is 21.7 Å². The van der Waals surface area contributed by atoms with Gasteiger partial charge in [0.2, 0.25) is 17.7 Å². The highest BCUT2D eigenvalue weighted by Gasteiger charge is 2.34. The van der Waals surface area contributed by atoms with Crippen molar-refractivity contribution in [1.82, 2.24) is 16.0 Å². The van der Waals surface area contributed by atoms with Gasteiger partial charge in [0.15, 0.2) is 6.04 Å². The molecule has 0 aromatic heterocycles. The number of hydrogen-bond acceptors (Lipinski definition) is 8. The molecule has 0 rings (SSSR count). The lowest BCUT2D eigenvalue weighted by Gasteiger charge is -2.27. The third kappa shape index (κ3) is 9.27. The molecule has 0 aliphatic rings. The number of carbonyl (C=O) groups is 5. The van der Waals surface area contributed by atoms with Crippen LogP contribution in [-0.2, 0) is 24.0 Å². The first-order chi connectivity index (χ1) is 14.2. The van der Waals surface area contributed by atoms with Gasteiger partial charge in [0, 0.05) is 0 Å². The first-order valence-electron chi connectivity index (χ1n) is 9.70. The molecule has 0 bridgehead atoms. The van der Waals surface area contributed by atoms with Crippen molar-refractivity contribution in [2.24, 2.45) is 11.7 Å². The van der Waals surface area contributed by atoms with E-state index in [0.29, 0.717) is 6.42 Å². The van der Waals surface area contributed by atoms with E-state index in [2.05, 4.69) is 10.6 Å². The standard InChI is InChI=1S/C18H32N4O9/c1-5-7(2)12(19)16(28)21-13(8(3)23)17(29)20-10(6-11(25)26)15(27)22-14(9(4)24)18(30)31/h7-10,12-14,23-24H,5-6,19H2,1-4H3,(H,20,29)(H,21,28)(H,22,27)(H,25,26)(H,30,31). The van der Waals surface area contributed by atoms with Gasteiger partial charge in [-0.3, -0.25) is 19.2 Å². The Hall–Kier alpha value is -2.77. The van der Waals surface area contributed by atoms with Gasteiger partial charge in [-0.1, -0.05) is 20.3 Å². The van der Waals surface area contributed by atoms with Crippen LogP contribution in [0.1, 0.15) is 40.5 Å². The van der Waals surface area contributed by atoms with E-state index in [0.717, 1.165) is 6.92 Å². The number of amides is 3. The van der Waals surface area contributed by atoms with Gasteiger partial charge >= 0.3 is 11.9 Å². The first kappa shape index (κ1) is 28.2. The van der Waals surface area contributed by atoms with Gasteiger partial charge in [0.1, 0.15) is 12.1 Å². The molecule has 0 heterocycles. The first-order valence-corrected chi connectivity index (χ1v) is 9.70. The molecule has 0 fully saturated rings. The Balaban J connectivity index is 5.49. The number of carboxylic acid groups (broad SMARTS) is 2. The highest BCUT2D eigenvalue weighted by molar-refractivity contribution is 5.95. The molecular formula is C18H32N4O9. The predicted molar refractivity (Wildman–Crippen MR) is 106 cm³/mol. The number of aliphatic hydroxyl groups excluding tert-OH is 2. The number of aliphatic hydroxyl groups is 2. The maximum atomic E-state index is 12.6. The van der Waals surface area contributed by atoms with Crippen molar-refractivity contribution in [2.75, 3.05) is 0 Å². The van der Waals surface area contributed by atoms with Gasteiger partial charge in [-0.2, -0.15) is 0 Å². The fourth-order valence-corrected chi connectivity index (χ4v) is 2.45. The van der Waals surface area contributed by atoms with E-state index in [1.165, 1.54) is 6.92 Å². The lowest BCUT2D eigenvalue weighted by Crippen LogP contribution is -2.61. The topological polar surface area (TPSA) is 228 Å². The number of rotatable bonds is 13. The van der Waals surface area contributed by atoms with E-state index >= 15 is 0 Å². The molecule has 0 aliphatic carbocycles. The summed E-state index contributed by atoms with van der Waals surface area (Å²) < 4.78 is 0. The molecule has 3 amide bonds. The monoisotopic (exact) mass is 448 g/mol. The average Bonchev–Trinajstić information content (AvgIpc) is 2.66. The molecule has 0 aliphatic heterocycles. The van der Waals surface area contributed by atoms with Gasteiger partial charge in [-0.05, 0) is 19.8 Å². The Labute approximate surface area is 179 Å². The molecule has 13 heteroatoms. The van der Waals surface area contributed by atoms with Gasteiger partial charge in [0.25, 0.3) is 0 Å². The molecule has 7 unspecified atom stereocenters. The molecular weight excluding hydrogens is 416 g/mol. The van der Waals surface area contributed by atoms with Crippen LogP contribution in [0.25, 0.3) is 0 Å². The van der Waals surface area contributed by atoms with E-state index in [-0.39, 0.29) is 5.92 Å². The zero-order valence-electron chi connectivity index (χ0n) is 17.9. The van der Waals surface area contributed by atoms with Crippen LogP contribution >= 0.6 is 0 Å². The fraction of sp³-hybridized carbons (Fsp3) is 0.722. The van der Waals surface area contributed by atoms with Crippen molar-refractivity contribution < 1.29 is 44.4 Å². The molecule has 9 N–H and O–H groups in total. The Morgan fingerprint density at radius 3 is 1.68 bits per heavy atom. The van der Waals surface area contributed by atoms with Crippen molar-refractivity contribution in [2.45, 2.75) is 76.9 Å². The van der Waals surface area contributed by atoms with Crippen LogP contribution in [0.5, 0.6) is 0 Å². The molecule has 31 heavy (non-hydrogen) atoms. The Kier molecular flexibility index (Phi) is 11.7. The SMILES string of the molecule is CCC(C)C(N)C(=O)NC(C(=O)NC(CC(=O)O)C(=O)NC(C(=O)O)C(C)O)C(C)O. The lowest BCUT2D eigenvalue weighted by atomic mass is 9.98. The molecule has 0 radical (unpaired) electrons. The maximum absolute atomic E-state index is 12.6. The van der Waals surface area contributed by atoms with Crippen LogP contribution in [0.15, 0.2) is 0 Å². The highest BCUT2D eigenvalue weighted by atomic mass is 16.4. The summed E-state index contributed by atoms with van der Waals surface area (Å²) in [5.74, 6) is -6.27. The van der Waals surface area contributed by atoms with Crippen LogP contribution in [-0.4, -0.2) is 86.5 Å². The summed E-state index contributed by atoms with van der Waals surface area (Å²) in [6, 6.07) is -6.02. The largest absolute Gasteiger partial charge is 0.481 e. The van der Waals surface area contributed by atoms with Crippen molar-refractivity contribution in [3.05, 3.63) is 0 Å². The predicted octanol–water partition coefficient (Wildman–Crippen LogP) is -2.86. The van der Waals surface area contributed by atoms with Crippen molar-refractivity contribution >= 4 is 29.7 Å². The average molecular weight is 448 g/mol. The normalized spacial score (nSPS) is 17.8. The van der Waals surface area contributed by atoms with E-state index in [9.17, 15) is 34.2 Å². The molecule has 7 atom stereocenters. The second-order valence-electron chi connectivity index (χ2n) is 7.36. The molecule has 0 saturated heterocycles. The van der Waals surface area contributed by atoms with Crippen molar-refractivity contribution in [1.29, 1.82) is 0 Å². The number of aliphatic carboxylic acids is 2. The van der Waals surface area contributed by atoms with Crippen molar-refractivity contribution in [3.8, 4) is 0 Å². The van der Waals surface area contributed by atoms with Crippen LogP contribution in [0.4, 0.5) is 0 Å². The number of hydrogen-bond donors (Lipinski definition) is 8. The molecule has 13 nitrogen and oxygen atoms in total. The van der Waals surface area contributed by atoms with Crippen LogP contribution in [0.2, 0.25) is 0 Å². The number of carboxylic acids is 2. The van der Waals surface area contributed by atoms with E-state index in [1.807, 2.05) is 12.2 Å². The van der Waals surface area contributed by atoms with E-state index in [1.54, 1.807) is 6.92 Å². The van der Waals surface area contributed by atoms with Crippen LogP contribution in [0.3, 0.4) is 0 Å². The summed E-state index contributed by atoms with van der Waals surface area (Å²) in [5.41, 5.74) is 5.80. The third-order valence-electron chi connectivity index (χ3n) is 4.68. The highest BCUT2D eigenvalue weighted by Crippen LogP contribution is 2.07. The number of nitrogens with two attached hydrogens (primary N) is 1. The fourth-order valence-electron chi connectivity index (χ4n) is 2.45. The summed E-state index contributed by atoms with van der Waals surface area (Å²) in [6.45, 7) is 5.82. The quantitative estimate of drug-likeness (QED) is 0.144. The van der Waals surface area contributed by atoms with Crippen LogP contribution in [0, 0.1) is 5.92 Å². The summed E-state index contributed by atoms with van der Waals surface area (Å²) in [6.07, 6.45) is -3.27. The molecule has 0 aromatic carbocycles. The maximum Gasteiger partial charge on any atom is 0.328 e. The third-order valence-corrected chi connectivity index (χ3v) is 4.68.